The lowest BCUT2D eigenvalue weighted by molar-refractivity contribution is 0.0530. The second kappa shape index (κ2) is 4.73. The smallest absolute Gasteiger partial charge is 0.0799 e. The standard InChI is InChI=1S/C6H13O3/c1-5(2-3-7)6(9)4-8/h5-9H,1-4H2. The molecule has 0 heterocycles. The highest BCUT2D eigenvalue weighted by Crippen LogP contribution is 2.05. The monoisotopic (exact) mass is 133 g/mol. The van der Waals surface area contributed by atoms with Crippen LogP contribution in [0, 0.1) is 12.8 Å². The van der Waals surface area contributed by atoms with Crippen molar-refractivity contribution in [3.8, 4) is 0 Å². The van der Waals surface area contributed by atoms with Gasteiger partial charge in [-0.1, -0.05) is 0 Å². The van der Waals surface area contributed by atoms with Crippen LogP contribution in [0.2, 0.25) is 0 Å². The van der Waals surface area contributed by atoms with Crippen LogP contribution in [0.3, 0.4) is 0 Å². The van der Waals surface area contributed by atoms with E-state index in [1.54, 1.807) is 0 Å². The predicted molar refractivity (Wildman–Crippen MR) is 33.6 cm³/mol. The topological polar surface area (TPSA) is 60.7 Å². The quantitative estimate of drug-likeness (QED) is 0.469. The molecule has 0 saturated heterocycles. The van der Waals surface area contributed by atoms with Gasteiger partial charge in [-0.25, -0.2) is 0 Å². The van der Waals surface area contributed by atoms with Crippen molar-refractivity contribution in [1.29, 1.82) is 0 Å². The molecule has 0 fully saturated rings. The Morgan fingerprint density at radius 2 is 1.89 bits per heavy atom. The maximum absolute atomic E-state index is 8.83. The van der Waals surface area contributed by atoms with Gasteiger partial charge in [0.05, 0.1) is 12.7 Å². The molecule has 2 atom stereocenters. The Kier molecular flexibility index (Phi) is 4.67. The third-order valence-electron chi connectivity index (χ3n) is 1.23. The Balaban J connectivity index is 3.32. The third-order valence-corrected chi connectivity index (χ3v) is 1.23. The second-order valence-electron chi connectivity index (χ2n) is 2.02. The van der Waals surface area contributed by atoms with Gasteiger partial charge >= 0.3 is 0 Å². The summed E-state index contributed by atoms with van der Waals surface area (Å²) in [5.41, 5.74) is 0. The van der Waals surface area contributed by atoms with Crippen molar-refractivity contribution in [1.82, 2.24) is 0 Å². The Labute approximate surface area is 54.9 Å². The van der Waals surface area contributed by atoms with Gasteiger partial charge in [0, 0.05) is 6.61 Å². The third kappa shape index (κ3) is 3.46. The fourth-order valence-corrected chi connectivity index (χ4v) is 0.507. The first kappa shape index (κ1) is 8.88. The van der Waals surface area contributed by atoms with E-state index in [0.717, 1.165) is 0 Å². The van der Waals surface area contributed by atoms with Gasteiger partial charge in [0.25, 0.3) is 0 Å². The van der Waals surface area contributed by atoms with Gasteiger partial charge < -0.3 is 15.3 Å². The molecular formula is C6H13O3. The zero-order valence-electron chi connectivity index (χ0n) is 5.32. The summed E-state index contributed by atoms with van der Waals surface area (Å²) >= 11 is 0. The molecule has 0 aliphatic carbocycles. The molecule has 3 nitrogen and oxygen atoms in total. The lowest BCUT2D eigenvalue weighted by Crippen LogP contribution is -2.22. The van der Waals surface area contributed by atoms with E-state index >= 15 is 0 Å². The lowest BCUT2D eigenvalue weighted by Gasteiger charge is -2.13. The van der Waals surface area contributed by atoms with Crippen LogP contribution in [0.4, 0.5) is 0 Å². The van der Waals surface area contributed by atoms with Crippen LogP contribution in [0.5, 0.6) is 0 Å². The first-order valence-corrected chi connectivity index (χ1v) is 2.95. The molecule has 9 heavy (non-hydrogen) atoms. The van der Waals surface area contributed by atoms with E-state index in [2.05, 4.69) is 6.92 Å². The second-order valence-corrected chi connectivity index (χ2v) is 2.02. The maximum Gasteiger partial charge on any atom is 0.0799 e. The van der Waals surface area contributed by atoms with Crippen molar-refractivity contribution in [2.24, 2.45) is 5.92 Å². The molecule has 0 aromatic heterocycles. The SMILES string of the molecule is [CH2]C(CCO)C(O)CO. The van der Waals surface area contributed by atoms with E-state index in [1.807, 2.05) is 0 Å². The Morgan fingerprint density at radius 3 is 2.22 bits per heavy atom. The highest BCUT2D eigenvalue weighted by molar-refractivity contribution is 4.68. The van der Waals surface area contributed by atoms with Crippen LogP contribution in [0.25, 0.3) is 0 Å². The lowest BCUT2D eigenvalue weighted by atomic mass is 10.0. The molecule has 0 aliphatic heterocycles. The largest absolute Gasteiger partial charge is 0.396 e. The van der Waals surface area contributed by atoms with Crippen molar-refractivity contribution < 1.29 is 15.3 Å². The zero-order chi connectivity index (χ0) is 7.28. The molecule has 55 valence electrons. The summed E-state index contributed by atoms with van der Waals surface area (Å²) in [5, 5.41) is 25.5. The number of hydrogen-bond acceptors (Lipinski definition) is 3. The van der Waals surface area contributed by atoms with Crippen molar-refractivity contribution in [3.63, 3.8) is 0 Å². The van der Waals surface area contributed by atoms with Crippen molar-refractivity contribution in [2.45, 2.75) is 12.5 Å². The number of rotatable bonds is 4. The summed E-state index contributed by atoms with van der Waals surface area (Å²) in [6, 6.07) is 0. The van der Waals surface area contributed by atoms with Gasteiger partial charge in [-0.05, 0) is 19.3 Å². The van der Waals surface area contributed by atoms with Crippen molar-refractivity contribution in [3.05, 3.63) is 6.92 Å². The molecule has 0 aliphatic rings. The first-order valence-electron chi connectivity index (χ1n) is 2.95. The minimum atomic E-state index is -0.794. The Morgan fingerprint density at radius 1 is 1.33 bits per heavy atom. The molecular weight excluding hydrogens is 120 g/mol. The van der Waals surface area contributed by atoms with Crippen LogP contribution in [0.15, 0.2) is 0 Å². The molecule has 0 aromatic carbocycles. The van der Waals surface area contributed by atoms with Crippen LogP contribution in [0.1, 0.15) is 6.42 Å². The summed E-state index contributed by atoms with van der Waals surface area (Å²) in [6.45, 7) is 3.25. The van der Waals surface area contributed by atoms with Crippen LogP contribution in [-0.2, 0) is 0 Å². The van der Waals surface area contributed by atoms with Gasteiger partial charge in [-0.3, -0.25) is 0 Å². The molecule has 0 amide bonds. The van der Waals surface area contributed by atoms with Crippen molar-refractivity contribution >= 4 is 0 Å². The molecule has 3 N–H and O–H groups in total. The average Bonchev–Trinajstić information content (AvgIpc) is 1.87. The summed E-state index contributed by atoms with van der Waals surface area (Å²) in [4.78, 5) is 0. The Bertz CT molecular complexity index is 65.3. The van der Waals surface area contributed by atoms with Gasteiger partial charge in [-0.2, -0.15) is 0 Å². The van der Waals surface area contributed by atoms with Gasteiger partial charge in [0.15, 0.2) is 0 Å². The van der Waals surface area contributed by atoms with E-state index < -0.39 is 6.10 Å². The van der Waals surface area contributed by atoms with E-state index in [4.69, 9.17) is 15.3 Å². The normalized spacial score (nSPS) is 17.3. The molecule has 1 radical (unpaired) electrons. The molecule has 0 rings (SSSR count). The molecule has 0 bridgehead atoms. The summed E-state index contributed by atoms with van der Waals surface area (Å²) < 4.78 is 0. The van der Waals surface area contributed by atoms with Crippen LogP contribution >= 0.6 is 0 Å². The van der Waals surface area contributed by atoms with Gasteiger partial charge in [-0.15, -0.1) is 0 Å². The molecule has 0 saturated carbocycles. The maximum atomic E-state index is 8.83. The fraction of sp³-hybridized carbons (Fsp3) is 0.833. The summed E-state index contributed by atoms with van der Waals surface area (Å²) in [6.07, 6.45) is -0.362. The van der Waals surface area contributed by atoms with E-state index in [-0.39, 0.29) is 19.1 Å². The van der Waals surface area contributed by atoms with Gasteiger partial charge in [0.1, 0.15) is 0 Å². The highest BCUT2D eigenvalue weighted by Gasteiger charge is 2.11. The highest BCUT2D eigenvalue weighted by atomic mass is 16.3. The first-order chi connectivity index (χ1) is 4.22. The summed E-state index contributed by atoms with van der Waals surface area (Å²) in [5.74, 6) is -0.264. The van der Waals surface area contributed by atoms with Crippen molar-refractivity contribution in [2.75, 3.05) is 13.2 Å². The molecule has 0 spiro atoms. The number of aliphatic hydroxyl groups excluding tert-OH is 3. The number of aliphatic hydroxyl groups is 3. The minimum Gasteiger partial charge on any atom is -0.396 e. The predicted octanol–water partition coefficient (Wildman–Crippen LogP) is -0.828. The minimum absolute atomic E-state index is 0.00519. The Hall–Kier alpha value is -0.120. The number of hydrogen-bond donors (Lipinski definition) is 3. The van der Waals surface area contributed by atoms with Gasteiger partial charge in [0.2, 0.25) is 0 Å². The average molecular weight is 133 g/mol. The zero-order valence-corrected chi connectivity index (χ0v) is 5.32. The fourth-order valence-electron chi connectivity index (χ4n) is 0.507. The van der Waals surface area contributed by atoms with E-state index in [1.165, 1.54) is 0 Å². The van der Waals surface area contributed by atoms with E-state index in [0.29, 0.717) is 6.42 Å². The molecule has 3 heteroatoms. The van der Waals surface area contributed by atoms with Crippen LogP contribution in [-0.4, -0.2) is 34.6 Å². The van der Waals surface area contributed by atoms with E-state index in [9.17, 15) is 0 Å². The summed E-state index contributed by atoms with van der Waals surface area (Å²) in [7, 11) is 0. The molecule has 2 unspecified atom stereocenters. The molecule has 0 aromatic rings. The van der Waals surface area contributed by atoms with Crippen LogP contribution < -0.4 is 0 Å².